The van der Waals surface area contributed by atoms with E-state index in [2.05, 4.69) is 42.2 Å². The van der Waals surface area contributed by atoms with Gasteiger partial charge in [-0.05, 0) is 26.1 Å². The Morgan fingerprint density at radius 1 is 1.47 bits per heavy atom. The van der Waals surface area contributed by atoms with Crippen molar-refractivity contribution in [3.63, 3.8) is 0 Å². The first-order chi connectivity index (χ1) is 8.26. The van der Waals surface area contributed by atoms with Crippen molar-refractivity contribution in [3.8, 4) is 11.8 Å². The van der Waals surface area contributed by atoms with Gasteiger partial charge in [0.25, 0.3) is 0 Å². The van der Waals surface area contributed by atoms with Crippen LogP contribution < -0.4 is 0 Å². The topological polar surface area (TPSA) is 23.5 Å². The quantitative estimate of drug-likeness (QED) is 0.786. The van der Waals surface area contributed by atoms with E-state index in [0.29, 0.717) is 6.42 Å². The van der Waals surface area contributed by atoms with E-state index in [9.17, 15) is 0 Å². The predicted molar refractivity (Wildman–Crippen MR) is 74.1 cm³/mol. The SMILES string of the molecule is CCCCN(C)Cc1cc(C#CCCO)cs1. The third-order valence-electron chi connectivity index (χ3n) is 2.44. The van der Waals surface area contributed by atoms with Gasteiger partial charge in [-0.1, -0.05) is 25.2 Å². The lowest BCUT2D eigenvalue weighted by molar-refractivity contribution is 0.305. The van der Waals surface area contributed by atoms with Crippen LogP contribution >= 0.6 is 11.3 Å². The summed E-state index contributed by atoms with van der Waals surface area (Å²) < 4.78 is 0. The maximum atomic E-state index is 8.64. The van der Waals surface area contributed by atoms with Crippen LogP contribution in [0.25, 0.3) is 0 Å². The average Bonchev–Trinajstić information content (AvgIpc) is 2.74. The maximum absolute atomic E-state index is 8.64. The van der Waals surface area contributed by atoms with Gasteiger partial charge in [0.05, 0.1) is 6.61 Å². The smallest absolute Gasteiger partial charge is 0.0540 e. The molecular weight excluding hydrogens is 230 g/mol. The lowest BCUT2D eigenvalue weighted by Crippen LogP contribution is -2.18. The summed E-state index contributed by atoms with van der Waals surface area (Å²) in [5.74, 6) is 6.01. The zero-order valence-corrected chi connectivity index (χ0v) is 11.5. The van der Waals surface area contributed by atoms with Gasteiger partial charge < -0.3 is 10.0 Å². The van der Waals surface area contributed by atoms with Gasteiger partial charge in [0.15, 0.2) is 0 Å². The molecule has 0 bridgehead atoms. The molecule has 1 aromatic heterocycles. The molecule has 0 unspecified atom stereocenters. The second kappa shape index (κ2) is 8.30. The highest BCUT2D eigenvalue weighted by Crippen LogP contribution is 2.15. The van der Waals surface area contributed by atoms with Crippen LogP contribution in [0.15, 0.2) is 11.4 Å². The molecule has 0 aliphatic heterocycles. The summed E-state index contributed by atoms with van der Waals surface area (Å²) in [6.45, 7) is 4.52. The molecule has 3 heteroatoms. The van der Waals surface area contributed by atoms with Gasteiger partial charge in [0.1, 0.15) is 0 Å². The van der Waals surface area contributed by atoms with Crippen LogP contribution in [-0.2, 0) is 6.54 Å². The van der Waals surface area contributed by atoms with E-state index in [1.54, 1.807) is 11.3 Å². The molecule has 0 radical (unpaired) electrons. The summed E-state index contributed by atoms with van der Waals surface area (Å²) in [6.07, 6.45) is 3.05. The van der Waals surface area contributed by atoms with Gasteiger partial charge in [-0.25, -0.2) is 0 Å². The van der Waals surface area contributed by atoms with Crippen LogP contribution in [0.1, 0.15) is 36.6 Å². The molecule has 1 heterocycles. The molecule has 0 fully saturated rings. The molecule has 0 saturated heterocycles. The third kappa shape index (κ3) is 5.88. The summed E-state index contributed by atoms with van der Waals surface area (Å²) >= 11 is 1.76. The fraction of sp³-hybridized carbons (Fsp3) is 0.571. The Morgan fingerprint density at radius 3 is 3.00 bits per heavy atom. The van der Waals surface area contributed by atoms with Crippen LogP contribution in [0.2, 0.25) is 0 Å². The van der Waals surface area contributed by atoms with E-state index in [1.807, 2.05) is 0 Å². The van der Waals surface area contributed by atoms with Crippen molar-refractivity contribution in [2.45, 2.75) is 32.7 Å². The van der Waals surface area contributed by atoms with Crippen LogP contribution in [-0.4, -0.2) is 30.2 Å². The minimum atomic E-state index is 0.143. The largest absolute Gasteiger partial charge is 0.395 e. The minimum absolute atomic E-state index is 0.143. The number of unbranched alkanes of at least 4 members (excludes halogenated alkanes) is 1. The van der Waals surface area contributed by atoms with Gasteiger partial charge >= 0.3 is 0 Å². The Bertz CT molecular complexity index is 375. The molecule has 0 aliphatic rings. The zero-order chi connectivity index (χ0) is 12.5. The van der Waals surface area contributed by atoms with E-state index in [4.69, 9.17) is 5.11 Å². The van der Waals surface area contributed by atoms with E-state index < -0.39 is 0 Å². The van der Waals surface area contributed by atoms with Crippen molar-refractivity contribution in [3.05, 3.63) is 21.9 Å². The number of hydrogen-bond acceptors (Lipinski definition) is 3. The van der Waals surface area contributed by atoms with Crippen molar-refractivity contribution < 1.29 is 5.11 Å². The van der Waals surface area contributed by atoms with Crippen molar-refractivity contribution in [1.82, 2.24) is 4.90 Å². The Morgan fingerprint density at radius 2 is 2.29 bits per heavy atom. The molecule has 1 N–H and O–H groups in total. The Balaban J connectivity index is 2.43. The molecule has 0 saturated carbocycles. The summed E-state index contributed by atoms with van der Waals surface area (Å²) in [6, 6.07) is 2.15. The van der Waals surface area contributed by atoms with Crippen LogP contribution in [0.5, 0.6) is 0 Å². The highest BCUT2D eigenvalue weighted by molar-refractivity contribution is 7.10. The van der Waals surface area contributed by atoms with Crippen molar-refractivity contribution >= 4 is 11.3 Å². The molecule has 0 aliphatic carbocycles. The number of aliphatic hydroxyl groups excluding tert-OH is 1. The first-order valence-corrected chi connectivity index (χ1v) is 7.00. The molecule has 1 rings (SSSR count). The molecule has 0 amide bonds. The Kier molecular flexibility index (Phi) is 6.95. The third-order valence-corrected chi connectivity index (χ3v) is 3.36. The van der Waals surface area contributed by atoms with Gasteiger partial charge in [0, 0.05) is 28.8 Å². The highest BCUT2D eigenvalue weighted by atomic mass is 32.1. The molecule has 0 spiro atoms. The average molecular weight is 251 g/mol. The Labute approximate surface area is 108 Å². The number of rotatable bonds is 6. The lowest BCUT2D eigenvalue weighted by Gasteiger charge is -2.14. The molecule has 0 atom stereocenters. The van der Waals surface area contributed by atoms with E-state index in [1.165, 1.54) is 17.7 Å². The molecule has 17 heavy (non-hydrogen) atoms. The van der Waals surface area contributed by atoms with Crippen molar-refractivity contribution in [2.75, 3.05) is 20.2 Å². The van der Waals surface area contributed by atoms with Gasteiger partial charge in [0.2, 0.25) is 0 Å². The van der Waals surface area contributed by atoms with Gasteiger partial charge in [-0.3, -0.25) is 0 Å². The van der Waals surface area contributed by atoms with Crippen molar-refractivity contribution in [2.24, 2.45) is 0 Å². The first-order valence-electron chi connectivity index (χ1n) is 6.12. The summed E-state index contributed by atoms with van der Waals surface area (Å²) in [5.41, 5.74) is 1.07. The number of nitrogens with zero attached hydrogens (tertiary/aromatic N) is 1. The minimum Gasteiger partial charge on any atom is -0.395 e. The van der Waals surface area contributed by atoms with Gasteiger partial charge in [-0.15, -0.1) is 11.3 Å². The maximum Gasteiger partial charge on any atom is 0.0540 e. The molecule has 0 aromatic carbocycles. The van der Waals surface area contributed by atoms with E-state index in [-0.39, 0.29) is 6.61 Å². The fourth-order valence-electron chi connectivity index (χ4n) is 1.52. The zero-order valence-electron chi connectivity index (χ0n) is 10.7. The van der Waals surface area contributed by atoms with Crippen LogP contribution in [0.3, 0.4) is 0 Å². The van der Waals surface area contributed by atoms with Crippen LogP contribution in [0, 0.1) is 11.8 Å². The van der Waals surface area contributed by atoms with Crippen LogP contribution in [0.4, 0.5) is 0 Å². The van der Waals surface area contributed by atoms with Gasteiger partial charge in [-0.2, -0.15) is 0 Å². The molecular formula is C14H21NOS. The summed E-state index contributed by atoms with van der Waals surface area (Å²) in [5, 5.41) is 10.7. The summed E-state index contributed by atoms with van der Waals surface area (Å²) in [4.78, 5) is 3.71. The Hall–Kier alpha value is -0.820. The first kappa shape index (κ1) is 14.2. The van der Waals surface area contributed by atoms with E-state index in [0.717, 1.165) is 18.7 Å². The lowest BCUT2D eigenvalue weighted by atomic mass is 10.3. The molecule has 2 nitrogen and oxygen atoms in total. The standard InChI is InChI=1S/C14H21NOS/c1-3-4-8-15(2)11-14-10-13(12-17-14)7-5-6-9-16/h10,12,16H,3-4,6,8-9,11H2,1-2H3. The fourth-order valence-corrected chi connectivity index (χ4v) is 2.42. The molecule has 94 valence electrons. The number of aliphatic hydroxyl groups is 1. The number of thiophene rings is 1. The number of hydrogen-bond donors (Lipinski definition) is 1. The van der Waals surface area contributed by atoms with E-state index >= 15 is 0 Å². The summed E-state index contributed by atoms with van der Waals surface area (Å²) in [7, 11) is 2.16. The normalized spacial score (nSPS) is 10.4. The van der Waals surface area contributed by atoms with Crippen molar-refractivity contribution in [1.29, 1.82) is 0 Å². The second-order valence-corrected chi connectivity index (χ2v) is 5.16. The molecule has 1 aromatic rings. The second-order valence-electron chi connectivity index (χ2n) is 4.17. The predicted octanol–water partition coefficient (Wildman–Crippen LogP) is 2.71. The monoisotopic (exact) mass is 251 g/mol. The highest BCUT2D eigenvalue weighted by Gasteiger charge is 2.02.